The lowest BCUT2D eigenvalue weighted by Gasteiger charge is -2.36. The number of anilines is 1. The van der Waals surface area contributed by atoms with Crippen LogP contribution in [0.25, 0.3) is 0 Å². The molecule has 184 valence electrons. The third-order valence-corrected chi connectivity index (χ3v) is 7.43. The maximum Gasteiger partial charge on any atom is 0.344 e. The van der Waals surface area contributed by atoms with Gasteiger partial charge in [0, 0.05) is 0 Å². The van der Waals surface area contributed by atoms with Crippen LogP contribution in [0.15, 0.2) is 53.4 Å². The van der Waals surface area contributed by atoms with Gasteiger partial charge in [0.15, 0.2) is 6.61 Å². The van der Waals surface area contributed by atoms with Gasteiger partial charge < -0.3 is 9.47 Å². The highest BCUT2D eigenvalue weighted by atomic mass is 32.2. The number of hydrogen-bond acceptors (Lipinski definition) is 6. The number of carbonyl (C=O) groups excluding carboxylic acids is 2. The van der Waals surface area contributed by atoms with Gasteiger partial charge in [-0.3, -0.25) is 4.72 Å². The Morgan fingerprint density at radius 1 is 1.12 bits per heavy atom. The van der Waals surface area contributed by atoms with Crippen LogP contribution < -0.4 is 4.72 Å². The number of rotatable bonds is 8. The third kappa shape index (κ3) is 6.56. The first-order valence-corrected chi connectivity index (χ1v) is 12.8. The predicted octanol–water partition coefficient (Wildman–Crippen LogP) is 4.79. The highest BCUT2D eigenvalue weighted by Crippen LogP contribution is 2.35. The summed E-state index contributed by atoms with van der Waals surface area (Å²) >= 11 is 0. The van der Waals surface area contributed by atoms with Crippen LogP contribution in [0.3, 0.4) is 0 Å². The molecular formula is C25H30FNO6S. The molecule has 7 nitrogen and oxygen atoms in total. The molecule has 0 bridgehead atoms. The van der Waals surface area contributed by atoms with Gasteiger partial charge in [-0.05, 0) is 60.9 Å². The van der Waals surface area contributed by atoms with E-state index >= 15 is 0 Å². The van der Waals surface area contributed by atoms with E-state index in [1.54, 1.807) is 0 Å². The van der Waals surface area contributed by atoms with Gasteiger partial charge in [0.2, 0.25) is 0 Å². The van der Waals surface area contributed by atoms with E-state index in [4.69, 9.17) is 9.47 Å². The topological polar surface area (TPSA) is 98.8 Å². The van der Waals surface area contributed by atoms with Gasteiger partial charge in [-0.2, -0.15) is 0 Å². The van der Waals surface area contributed by atoms with Gasteiger partial charge in [-0.25, -0.2) is 22.4 Å². The van der Waals surface area contributed by atoms with Gasteiger partial charge in [0.05, 0.1) is 16.1 Å². The largest absolute Gasteiger partial charge is 0.460 e. The monoisotopic (exact) mass is 491 g/mol. The first kappa shape index (κ1) is 25.7. The quantitative estimate of drug-likeness (QED) is 0.533. The van der Waals surface area contributed by atoms with Crippen LogP contribution in [0.4, 0.5) is 10.1 Å². The van der Waals surface area contributed by atoms with Gasteiger partial charge >= 0.3 is 11.9 Å². The second kappa shape index (κ2) is 11.0. The summed E-state index contributed by atoms with van der Waals surface area (Å²) in [7, 11) is -4.15. The Balaban J connectivity index is 1.62. The lowest BCUT2D eigenvalue weighted by Crippen LogP contribution is -2.36. The fourth-order valence-corrected chi connectivity index (χ4v) is 5.31. The molecule has 0 amide bonds. The lowest BCUT2D eigenvalue weighted by molar-refractivity contribution is -0.159. The van der Waals surface area contributed by atoms with Crippen molar-refractivity contribution in [3.63, 3.8) is 0 Å². The fraction of sp³-hybridized carbons (Fsp3) is 0.440. The number of carbonyl (C=O) groups is 2. The maximum absolute atomic E-state index is 13.8. The summed E-state index contributed by atoms with van der Waals surface area (Å²) in [4.78, 5) is 24.5. The Morgan fingerprint density at radius 2 is 1.85 bits per heavy atom. The molecule has 1 N–H and O–H groups in total. The van der Waals surface area contributed by atoms with Crippen LogP contribution in [0.2, 0.25) is 0 Å². The molecule has 0 saturated heterocycles. The first-order valence-electron chi connectivity index (χ1n) is 11.3. The van der Waals surface area contributed by atoms with Crippen molar-refractivity contribution in [1.82, 2.24) is 0 Å². The van der Waals surface area contributed by atoms with Crippen molar-refractivity contribution in [1.29, 1.82) is 0 Å². The molecule has 3 unspecified atom stereocenters. The Bertz CT molecular complexity index is 1130. The molecule has 0 heterocycles. The molecular weight excluding hydrogens is 461 g/mol. The Hall–Kier alpha value is -2.94. The molecule has 9 heteroatoms. The number of nitrogens with one attached hydrogen (secondary N) is 1. The number of hydrogen-bond donors (Lipinski definition) is 1. The smallest absolute Gasteiger partial charge is 0.344 e. The number of para-hydroxylation sites is 1. The van der Waals surface area contributed by atoms with Crippen molar-refractivity contribution < 1.29 is 31.9 Å². The van der Waals surface area contributed by atoms with Crippen LogP contribution in [-0.4, -0.2) is 33.1 Å². The van der Waals surface area contributed by atoms with Crippen LogP contribution in [0.5, 0.6) is 0 Å². The van der Waals surface area contributed by atoms with Gasteiger partial charge in [-0.1, -0.05) is 45.4 Å². The number of halogens is 1. The SMILES string of the molecule is CC1CCC(C(C)C)C(OC(=O)COC(=O)c2cccc(S(=O)(=O)Nc3ccccc3F)c2)C1. The summed E-state index contributed by atoms with van der Waals surface area (Å²) in [6, 6.07) is 10.4. The number of ether oxygens (including phenoxy) is 2. The van der Waals surface area contributed by atoms with Crippen LogP contribution in [0, 0.1) is 23.6 Å². The van der Waals surface area contributed by atoms with Crippen molar-refractivity contribution in [2.75, 3.05) is 11.3 Å². The third-order valence-electron chi connectivity index (χ3n) is 6.06. The minimum Gasteiger partial charge on any atom is -0.460 e. The standard InChI is InChI=1S/C25H30FNO6S/c1-16(2)20-12-11-17(3)13-23(20)33-24(28)15-32-25(29)18-7-6-8-19(14-18)34(30,31)27-22-10-5-4-9-21(22)26/h4-10,14,16-17,20,23,27H,11-13,15H2,1-3H3. The molecule has 0 aliphatic heterocycles. The molecule has 0 aromatic heterocycles. The van der Waals surface area contributed by atoms with E-state index in [0.717, 1.165) is 31.4 Å². The second-order valence-corrected chi connectivity index (χ2v) is 10.7. The first-order chi connectivity index (χ1) is 16.1. The average molecular weight is 492 g/mol. The van der Waals surface area contributed by atoms with E-state index in [1.807, 2.05) is 0 Å². The lowest BCUT2D eigenvalue weighted by atomic mass is 9.75. The predicted molar refractivity (Wildman–Crippen MR) is 125 cm³/mol. The zero-order chi connectivity index (χ0) is 24.9. The summed E-state index contributed by atoms with van der Waals surface area (Å²) in [5, 5.41) is 0. The minimum absolute atomic E-state index is 0.0597. The Kier molecular flexibility index (Phi) is 8.30. The molecule has 1 fully saturated rings. The number of esters is 2. The summed E-state index contributed by atoms with van der Waals surface area (Å²) in [6.07, 6.45) is 2.64. The molecule has 3 atom stereocenters. The molecule has 2 aromatic carbocycles. The molecule has 1 aliphatic carbocycles. The summed E-state index contributed by atoms with van der Waals surface area (Å²) in [5.41, 5.74) is -0.273. The van der Waals surface area contributed by atoms with E-state index in [1.165, 1.54) is 36.4 Å². The normalized spacial score (nSPS) is 20.6. The molecule has 1 saturated carbocycles. The summed E-state index contributed by atoms with van der Waals surface area (Å²) < 4.78 is 51.9. The van der Waals surface area contributed by atoms with Gasteiger partial charge in [0.25, 0.3) is 10.0 Å². The van der Waals surface area contributed by atoms with Crippen molar-refractivity contribution in [3.8, 4) is 0 Å². The molecule has 2 aromatic rings. The molecule has 3 rings (SSSR count). The molecule has 0 radical (unpaired) electrons. The van der Waals surface area contributed by atoms with Gasteiger partial charge in [-0.15, -0.1) is 0 Å². The van der Waals surface area contributed by atoms with Crippen LogP contribution >= 0.6 is 0 Å². The van der Waals surface area contributed by atoms with E-state index in [2.05, 4.69) is 25.5 Å². The number of benzene rings is 2. The molecule has 1 aliphatic rings. The van der Waals surface area contributed by atoms with E-state index in [-0.39, 0.29) is 28.2 Å². The average Bonchev–Trinajstić information content (AvgIpc) is 2.79. The number of sulfonamides is 1. The van der Waals surface area contributed by atoms with Crippen molar-refractivity contribution in [2.45, 2.75) is 51.0 Å². The fourth-order valence-electron chi connectivity index (χ4n) is 4.20. The molecule has 0 spiro atoms. The van der Waals surface area contributed by atoms with Crippen LogP contribution in [-0.2, 0) is 24.3 Å². The zero-order valence-electron chi connectivity index (χ0n) is 19.5. The van der Waals surface area contributed by atoms with Crippen molar-refractivity contribution in [3.05, 3.63) is 59.9 Å². The van der Waals surface area contributed by atoms with Crippen molar-refractivity contribution in [2.24, 2.45) is 17.8 Å². The highest BCUT2D eigenvalue weighted by Gasteiger charge is 2.33. The Labute approximate surface area is 199 Å². The zero-order valence-corrected chi connectivity index (χ0v) is 20.3. The van der Waals surface area contributed by atoms with Gasteiger partial charge in [0.1, 0.15) is 11.9 Å². The summed E-state index contributed by atoms with van der Waals surface area (Å²) in [5.74, 6) is -1.14. The van der Waals surface area contributed by atoms with E-state index in [0.29, 0.717) is 11.8 Å². The minimum atomic E-state index is -4.15. The van der Waals surface area contributed by atoms with E-state index in [9.17, 15) is 22.4 Å². The maximum atomic E-state index is 13.8. The van der Waals surface area contributed by atoms with E-state index < -0.39 is 34.4 Å². The Morgan fingerprint density at radius 3 is 2.56 bits per heavy atom. The van der Waals surface area contributed by atoms with Crippen LogP contribution in [0.1, 0.15) is 50.4 Å². The van der Waals surface area contributed by atoms with Crippen molar-refractivity contribution >= 4 is 27.6 Å². The highest BCUT2D eigenvalue weighted by molar-refractivity contribution is 7.92. The summed E-state index contributed by atoms with van der Waals surface area (Å²) in [6.45, 7) is 5.76. The second-order valence-electron chi connectivity index (χ2n) is 9.04. The molecule has 34 heavy (non-hydrogen) atoms.